The number of nitro groups is 1. The lowest BCUT2D eigenvalue weighted by Gasteiger charge is -2.12. The number of nitrogens with one attached hydrogen (secondary N) is 2. The van der Waals surface area contributed by atoms with Crippen molar-refractivity contribution in [2.45, 2.75) is 6.42 Å². The third-order valence-electron chi connectivity index (χ3n) is 3.16. The molecule has 3 N–H and O–H groups in total. The van der Waals surface area contributed by atoms with E-state index in [9.17, 15) is 14.9 Å². The third kappa shape index (κ3) is 5.61. The maximum Gasteiger partial charge on any atom is 0.271 e. The first-order valence-electron chi connectivity index (χ1n) is 7.07. The molecule has 27 heavy (non-hydrogen) atoms. The normalized spacial score (nSPS) is 11.2. The third-order valence-corrected chi connectivity index (χ3v) is 4.30. The number of benzene rings is 2. The van der Waals surface area contributed by atoms with Crippen LogP contribution in [0.5, 0.6) is 0 Å². The summed E-state index contributed by atoms with van der Waals surface area (Å²) in [7, 11) is 0. The molecule has 12 heteroatoms. The first kappa shape index (κ1) is 21.0. The molecule has 0 fully saturated rings. The number of carbonyl (C=O) groups excluding carboxylic acids is 1. The Hall–Kier alpha value is -2.26. The summed E-state index contributed by atoms with van der Waals surface area (Å²) in [6.07, 6.45) is -0.426. The van der Waals surface area contributed by atoms with Gasteiger partial charge in [0.2, 0.25) is 5.91 Å². The number of anilines is 2. The molecule has 0 bridgehead atoms. The highest BCUT2D eigenvalue weighted by molar-refractivity contribution is 6.42. The van der Waals surface area contributed by atoms with Crippen molar-refractivity contribution in [1.82, 2.24) is 0 Å². The van der Waals surface area contributed by atoms with Crippen LogP contribution >= 0.6 is 46.4 Å². The van der Waals surface area contributed by atoms with Crippen LogP contribution < -0.4 is 10.6 Å². The molecule has 0 radical (unpaired) electrons. The van der Waals surface area contributed by atoms with Gasteiger partial charge in [-0.15, -0.1) is 0 Å². The lowest BCUT2D eigenvalue weighted by atomic mass is 10.2. The van der Waals surface area contributed by atoms with Crippen molar-refractivity contribution >= 4 is 75.2 Å². The molecule has 0 aliphatic carbocycles. The monoisotopic (exact) mass is 450 g/mol. The molecule has 2 rings (SSSR count). The van der Waals surface area contributed by atoms with Gasteiger partial charge in [0, 0.05) is 17.2 Å². The van der Waals surface area contributed by atoms with Crippen molar-refractivity contribution < 1.29 is 14.9 Å². The zero-order valence-corrected chi connectivity index (χ0v) is 16.2. The Morgan fingerprint density at radius 2 is 1.70 bits per heavy atom. The molecule has 0 saturated heterocycles. The lowest BCUT2D eigenvalue weighted by Crippen LogP contribution is -2.22. The molecule has 0 aromatic heterocycles. The summed E-state index contributed by atoms with van der Waals surface area (Å²) in [6, 6.07) is 6.43. The predicted molar refractivity (Wildman–Crippen MR) is 106 cm³/mol. The van der Waals surface area contributed by atoms with E-state index in [0.29, 0.717) is 5.02 Å². The number of carbonyl (C=O) groups is 1. The minimum Gasteiger partial charge on any atom is -0.409 e. The Labute approximate surface area is 172 Å². The molecule has 0 saturated carbocycles. The fraction of sp³-hybridized carbons (Fsp3) is 0.0667. The minimum absolute atomic E-state index is 0.0917. The van der Waals surface area contributed by atoms with E-state index in [1.165, 1.54) is 24.3 Å². The predicted octanol–water partition coefficient (Wildman–Crippen LogP) is 5.44. The number of rotatable bonds is 5. The van der Waals surface area contributed by atoms with Crippen LogP contribution in [0.1, 0.15) is 6.42 Å². The molecular formula is C15H10Cl4N4O4. The molecule has 0 spiro atoms. The summed E-state index contributed by atoms with van der Waals surface area (Å²) >= 11 is 23.7. The Bertz CT molecular complexity index is 913. The smallest absolute Gasteiger partial charge is 0.271 e. The average Bonchev–Trinajstić information content (AvgIpc) is 2.59. The van der Waals surface area contributed by atoms with Crippen LogP contribution in [-0.4, -0.2) is 21.9 Å². The second-order valence-corrected chi connectivity index (χ2v) is 6.72. The van der Waals surface area contributed by atoms with Crippen LogP contribution in [0, 0.1) is 10.1 Å². The Balaban J connectivity index is 2.13. The first-order chi connectivity index (χ1) is 12.7. The van der Waals surface area contributed by atoms with Crippen molar-refractivity contribution in [2.24, 2.45) is 5.16 Å². The quantitative estimate of drug-likeness (QED) is 0.184. The van der Waals surface area contributed by atoms with Gasteiger partial charge in [-0.2, -0.15) is 0 Å². The standard InChI is InChI=1S/C15H10Cl4N4O4/c16-7-3-10(18)15(11(19)4-7)21-14(24)6-13(22-25)20-12-5-8(23(26)27)1-2-9(12)17/h1-5,25H,6H2,(H,20,22)(H,21,24). The van der Waals surface area contributed by atoms with Crippen LogP contribution in [0.3, 0.4) is 0 Å². The second-order valence-electron chi connectivity index (χ2n) is 5.06. The number of hydrogen-bond acceptors (Lipinski definition) is 5. The zero-order valence-electron chi connectivity index (χ0n) is 13.2. The van der Waals surface area contributed by atoms with Gasteiger partial charge in [-0.1, -0.05) is 51.6 Å². The molecule has 0 aliphatic rings. The van der Waals surface area contributed by atoms with Gasteiger partial charge in [0.25, 0.3) is 5.69 Å². The highest BCUT2D eigenvalue weighted by Crippen LogP contribution is 2.33. The maximum absolute atomic E-state index is 12.2. The van der Waals surface area contributed by atoms with E-state index in [1.807, 2.05) is 0 Å². The van der Waals surface area contributed by atoms with Gasteiger partial charge in [0.15, 0.2) is 5.84 Å². The maximum atomic E-state index is 12.2. The number of oxime groups is 1. The molecule has 2 aromatic rings. The molecule has 2 aromatic carbocycles. The van der Waals surface area contributed by atoms with E-state index in [1.54, 1.807) is 0 Å². The molecule has 8 nitrogen and oxygen atoms in total. The zero-order chi connectivity index (χ0) is 20.1. The molecular weight excluding hydrogens is 442 g/mol. The van der Waals surface area contributed by atoms with Gasteiger partial charge in [0.1, 0.15) is 0 Å². The van der Waals surface area contributed by atoms with E-state index in [2.05, 4.69) is 15.8 Å². The Morgan fingerprint density at radius 1 is 1.07 bits per heavy atom. The fourth-order valence-corrected chi connectivity index (χ4v) is 3.06. The minimum atomic E-state index is -0.622. The molecule has 0 aliphatic heterocycles. The Morgan fingerprint density at radius 3 is 2.26 bits per heavy atom. The van der Waals surface area contributed by atoms with Crippen molar-refractivity contribution in [3.8, 4) is 0 Å². The van der Waals surface area contributed by atoms with Gasteiger partial charge < -0.3 is 15.8 Å². The summed E-state index contributed by atoms with van der Waals surface area (Å²) < 4.78 is 0. The van der Waals surface area contributed by atoms with Gasteiger partial charge in [-0.05, 0) is 18.2 Å². The van der Waals surface area contributed by atoms with E-state index in [0.717, 1.165) is 6.07 Å². The second kappa shape index (κ2) is 9.09. The highest BCUT2D eigenvalue weighted by atomic mass is 35.5. The average molecular weight is 452 g/mol. The van der Waals surface area contributed by atoms with Crippen molar-refractivity contribution in [2.75, 3.05) is 10.6 Å². The van der Waals surface area contributed by atoms with E-state index < -0.39 is 17.3 Å². The molecule has 0 heterocycles. The topological polar surface area (TPSA) is 117 Å². The first-order valence-corrected chi connectivity index (χ1v) is 8.58. The number of halogens is 4. The largest absolute Gasteiger partial charge is 0.409 e. The molecule has 0 unspecified atom stereocenters. The highest BCUT2D eigenvalue weighted by Gasteiger charge is 2.16. The van der Waals surface area contributed by atoms with Crippen LogP contribution in [0.25, 0.3) is 0 Å². The summed E-state index contributed by atoms with van der Waals surface area (Å²) in [5.74, 6) is -0.834. The number of amides is 1. The molecule has 1 amide bonds. The Kier molecular flexibility index (Phi) is 7.09. The fourth-order valence-electron chi connectivity index (χ4n) is 1.98. The summed E-state index contributed by atoms with van der Waals surface area (Å²) in [4.78, 5) is 22.4. The van der Waals surface area contributed by atoms with Gasteiger partial charge in [0.05, 0.1) is 37.8 Å². The lowest BCUT2D eigenvalue weighted by molar-refractivity contribution is -0.384. The summed E-state index contributed by atoms with van der Waals surface area (Å²) in [5.41, 5.74) is -0.00389. The van der Waals surface area contributed by atoms with Crippen molar-refractivity contribution in [3.63, 3.8) is 0 Å². The number of hydrogen-bond donors (Lipinski definition) is 3. The number of nitrogens with zero attached hydrogens (tertiary/aromatic N) is 2. The van der Waals surface area contributed by atoms with Crippen LogP contribution in [0.15, 0.2) is 35.5 Å². The van der Waals surface area contributed by atoms with Gasteiger partial charge >= 0.3 is 0 Å². The SMILES string of the molecule is O=C(C/C(=N/O)Nc1cc([N+](=O)[O-])ccc1Cl)Nc1c(Cl)cc(Cl)cc1Cl. The molecule has 142 valence electrons. The van der Waals surface area contributed by atoms with E-state index >= 15 is 0 Å². The van der Waals surface area contributed by atoms with E-state index in [4.69, 9.17) is 51.6 Å². The van der Waals surface area contributed by atoms with Crippen molar-refractivity contribution in [3.05, 3.63) is 60.5 Å². The van der Waals surface area contributed by atoms with Crippen molar-refractivity contribution in [1.29, 1.82) is 0 Å². The molecule has 0 atom stereocenters. The van der Waals surface area contributed by atoms with Gasteiger partial charge in [-0.3, -0.25) is 14.9 Å². The summed E-state index contributed by atoms with van der Waals surface area (Å²) in [5, 5.41) is 28.6. The van der Waals surface area contributed by atoms with Crippen LogP contribution in [0.2, 0.25) is 20.1 Å². The number of amidine groups is 1. The van der Waals surface area contributed by atoms with E-state index in [-0.39, 0.29) is 38.0 Å². The number of nitro benzene ring substituents is 1. The summed E-state index contributed by atoms with van der Waals surface area (Å²) in [6.45, 7) is 0. The number of non-ortho nitro benzene ring substituents is 1. The van der Waals surface area contributed by atoms with Gasteiger partial charge in [-0.25, -0.2) is 0 Å². The van der Waals surface area contributed by atoms with Crippen LogP contribution in [-0.2, 0) is 4.79 Å². The van der Waals surface area contributed by atoms with Crippen LogP contribution in [0.4, 0.5) is 17.1 Å².